The van der Waals surface area contributed by atoms with Crippen molar-refractivity contribution >= 4 is 0 Å². The number of hydrogen-bond donors (Lipinski definition) is 1. The Bertz CT molecular complexity index is 431. The fourth-order valence-electron chi connectivity index (χ4n) is 1.81. The van der Waals surface area contributed by atoms with Crippen LogP contribution in [-0.2, 0) is 6.54 Å². The number of nitrogens with zero attached hydrogens (tertiary/aromatic N) is 1. The van der Waals surface area contributed by atoms with E-state index in [-0.39, 0.29) is 6.04 Å². The van der Waals surface area contributed by atoms with Crippen molar-refractivity contribution < 1.29 is 0 Å². The summed E-state index contributed by atoms with van der Waals surface area (Å²) in [4.78, 5) is 0. The van der Waals surface area contributed by atoms with E-state index < -0.39 is 0 Å². The number of benzene rings is 1. The molecule has 0 aliphatic heterocycles. The van der Waals surface area contributed by atoms with E-state index in [0.717, 1.165) is 13.0 Å². The van der Waals surface area contributed by atoms with E-state index in [0.29, 0.717) is 0 Å². The first-order chi connectivity index (χ1) is 7.79. The summed E-state index contributed by atoms with van der Waals surface area (Å²) in [5.41, 5.74) is 8.52. The van der Waals surface area contributed by atoms with Gasteiger partial charge in [-0.1, -0.05) is 37.3 Å². The van der Waals surface area contributed by atoms with Crippen molar-refractivity contribution in [3.05, 3.63) is 59.9 Å². The number of rotatable bonds is 4. The van der Waals surface area contributed by atoms with Crippen molar-refractivity contribution in [3.63, 3.8) is 0 Å². The quantitative estimate of drug-likeness (QED) is 0.833. The van der Waals surface area contributed by atoms with Crippen molar-refractivity contribution in [2.75, 3.05) is 0 Å². The van der Waals surface area contributed by atoms with Crippen LogP contribution in [0, 0.1) is 0 Å². The molecule has 0 bridgehead atoms. The van der Waals surface area contributed by atoms with Gasteiger partial charge in [-0.25, -0.2) is 0 Å². The van der Waals surface area contributed by atoms with Gasteiger partial charge in [0.2, 0.25) is 0 Å². The molecule has 1 unspecified atom stereocenters. The summed E-state index contributed by atoms with van der Waals surface area (Å²) in [6.07, 6.45) is 5.22. The SMILES string of the molecule is CCC(N)c1ccn(Cc2ccccc2)c1. The molecule has 0 amide bonds. The van der Waals surface area contributed by atoms with E-state index >= 15 is 0 Å². The molecule has 0 saturated carbocycles. The standard InChI is InChI=1S/C14H18N2/c1-2-14(15)13-8-9-16(11-13)10-12-6-4-3-5-7-12/h3-9,11,14H,2,10,15H2,1H3. The van der Waals surface area contributed by atoms with E-state index in [2.05, 4.69) is 54.2 Å². The Morgan fingerprint density at radius 3 is 2.62 bits per heavy atom. The Morgan fingerprint density at radius 1 is 1.19 bits per heavy atom. The molecule has 1 atom stereocenters. The van der Waals surface area contributed by atoms with Crippen LogP contribution in [0.1, 0.15) is 30.5 Å². The Labute approximate surface area is 96.7 Å². The van der Waals surface area contributed by atoms with Gasteiger partial charge in [0, 0.05) is 25.0 Å². The van der Waals surface area contributed by atoms with Crippen molar-refractivity contribution in [2.24, 2.45) is 5.73 Å². The third-order valence-corrected chi connectivity index (χ3v) is 2.85. The van der Waals surface area contributed by atoms with Crippen LogP contribution in [-0.4, -0.2) is 4.57 Å². The first kappa shape index (κ1) is 11.0. The summed E-state index contributed by atoms with van der Waals surface area (Å²) in [7, 11) is 0. The molecule has 1 heterocycles. The molecule has 0 fully saturated rings. The minimum absolute atomic E-state index is 0.164. The van der Waals surface area contributed by atoms with Crippen LogP contribution in [0.3, 0.4) is 0 Å². The van der Waals surface area contributed by atoms with Gasteiger partial charge in [0.25, 0.3) is 0 Å². The molecule has 2 rings (SSSR count). The number of hydrogen-bond acceptors (Lipinski definition) is 1. The molecule has 16 heavy (non-hydrogen) atoms. The molecule has 1 aromatic carbocycles. The Hall–Kier alpha value is -1.54. The van der Waals surface area contributed by atoms with Crippen LogP contribution >= 0.6 is 0 Å². The highest BCUT2D eigenvalue weighted by Crippen LogP contribution is 2.14. The van der Waals surface area contributed by atoms with E-state index in [1.165, 1.54) is 11.1 Å². The molecule has 2 nitrogen and oxygen atoms in total. The number of nitrogens with two attached hydrogens (primary N) is 1. The lowest BCUT2D eigenvalue weighted by Gasteiger charge is -2.06. The maximum Gasteiger partial charge on any atom is 0.0470 e. The third kappa shape index (κ3) is 2.52. The maximum atomic E-state index is 5.99. The summed E-state index contributed by atoms with van der Waals surface area (Å²) in [5.74, 6) is 0. The first-order valence-electron chi connectivity index (χ1n) is 5.74. The fraction of sp³-hybridized carbons (Fsp3) is 0.286. The van der Waals surface area contributed by atoms with Gasteiger partial charge in [0.1, 0.15) is 0 Å². The molecule has 1 aromatic heterocycles. The van der Waals surface area contributed by atoms with Crippen molar-refractivity contribution in [1.29, 1.82) is 0 Å². The second-order valence-electron chi connectivity index (χ2n) is 4.12. The average Bonchev–Trinajstić information content (AvgIpc) is 2.78. The number of aromatic nitrogens is 1. The topological polar surface area (TPSA) is 30.9 Å². The maximum absolute atomic E-state index is 5.99. The zero-order valence-electron chi connectivity index (χ0n) is 9.63. The molecule has 0 spiro atoms. The monoisotopic (exact) mass is 214 g/mol. The molecule has 2 N–H and O–H groups in total. The fourth-order valence-corrected chi connectivity index (χ4v) is 1.81. The van der Waals surface area contributed by atoms with E-state index in [1.807, 2.05) is 6.07 Å². The van der Waals surface area contributed by atoms with E-state index in [4.69, 9.17) is 5.73 Å². The molecule has 2 heteroatoms. The van der Waals surface area contributed by atoms with Crippen LogP contribution in [0.15, 0.2) is 48.8 Å². The smallest absolute Gasteiger partial charge is 0.0470 e. The first-order valence-corrected chi connectivity index (χ1v) is 5.74. The Morgan fingerprint density at radius 2 is 1.94 bits per heavy atom. The van der Waals surface area contributed by atoms with Gasteiger partial charge in [-0.3, -0.25) is 0 Å². The molecule has 2 aromatic rings. The predicted octanol–water partition coefficient (Wildman–Crippen LogP) is 2.95. The van der Waals surface area contributed by atoms with Crippen molar-refractivity contribution in [2.45, 2.75) is 25.9 Å². The highest BCUT2D eigenvalue weighted by atomic mass is 14.9. The zero-order valence-corrected chi connectivity index (χ0v) is 9.63. The van der Waals surface area contributed by atoms with Gasteiger partial charge < -0.3 is 10.3 Å². The van der Waals surface area contributed by atoms with Crippen LogP contribution < -0.4 is 5.73 Å². The summed E-state index contributed by atoms with van der Waals surface area (Å²) < 4.78 is 2.18. The highest BCUT2D eigenvalue weighted by molar-refractivity contribution is 5.19. The summed E-state index contributed by atoms with van der Waals surface area (Å²) in [6.45, 7) is 3.02. The second kappa shape index (κ2) is 4.99. The molecular formula is C14H18N2. The average molecular weight is 214 g/mol. The van der Waals surface area contributed by atoms with Gasteiger partial charge in [0.05, 0.1) is 0 Å². The molecule has 0 aliphatic carbocycles. The molecule has 0 saturated heterocycles. The van der Waals surface area contributed by atoms with Gasteiger partial charge >= 0.3 is 0 Å². The predicted molar refractivity (Wildman–Crippen MR) is 67.2 cm³/mol. The minimum Gasteiger partial charge on any atom is -0.350 e. The van der Waals surface area contributed by atoms with Crippen LogP contribution in [0.4, 0.5) is 0 Å². The Balaban J connectivity index is 2.09. The Kier molecular flexibility index (Phi) is 3.42. The van der Waals surface area contributed by atoms with E-state index in [9.17, 15) is 0 Å². The molecule has 0 radical (unpaired) electrons. The van der Waals surface area contributed by atoms with Gasteiger partial charge in [-0.15, -0.1) is 0 Å². The van der Waals surface area contributed by atoms with Gasteiger partial charge in [-0.05, 0) is 23.6 Å². The van der Waals surface area contributed by atoms with Crippen LogP contribution in [0.2, 0.25) is 0 Å². The largest absolute Gasteiger partial charge is 0.350 e. The zero-order chi connectivity index (χ0) is 11.4. The lowest BCUT2D eigenvalue weighted by atomic mass is 10.1. The molecule has 0 aliphatic rings. The minimum atomic E-state index is 0.164. The summed E-state index contributed by atoms with van der Waals surface area (Å²) in [5, 5.41) is 0. The van der Waals surface area contributed by atoms with Crippen LogP contribution in [0.25, 0.3) is 0 Å². The van der Waals surface area contributed by atoms with Crippen molar-refractivity contribution in [1.82, 2.24) is 4.57 Å². The highest BCUT2D eigenvalue weighted by Gasteiger charge is 2.04. The van der Waals surface area contributed by atoms with Gasteiger partial charge in [0.15, 0.2) is 0 Å². The summed E-state index contributed by atoms with van der Waals surface area (Å²) >= 11 is 0. The van der Waals surface area contributed by atoms with Crippen LogP contribution in [0.5, 0.6) is 0 Å². The lowest BCUT2D eigenvalue weighted by Crippen LogP contribution is -2.07. The molecular weight excluding hydrogens is 196 g/mol. The van der Waals surface area contributed by atoms with E-state index in [1.54, 1.807) is 0 Å². The van der Waals surface area contributed by atoms with Crippen molar-refractivity contribution in [3.8, 4) is 0 Å². The molecule has 84 valence electrons. The lowest BCUT2D eigenvalue weighted by molar-refractivity contribution is 0.693. The third-order valence-electron chi connectivity index (χ3n) is 2.85. The van der Waals surface area contributed by atoms with Gasteiger partial charge in [-0.2, -0.15) is 0 Å². The summed E-state index contributed by atoms with van der Waals surface area (Å²) in [6, 6.07) is 12.7. The normalized spacial score (nSPS) is 12.6. The second-order valence-corrected chi connectivity index (χ2v) is 4.12.